The van der Waals surface area contributed by atoms with Crippen LogP contribution in [0, 0.1) is 0 Å². The third-order valence-corrected chi connectivity index (χ3v) is 1.48. The molecule has 72 valence electrons. The van der Waals surface area contributed by atoms with E-state index in [0.29, 0.717) is 13.0 Å². The highest BCUT2D eigenvalue weighted by Gasteiger charge is 2.02. The predicted molar refractivity (Wildman–Crippen MR) is 47.9 cm³/mol. The lowest BCUT2D eigenvalue weighted by Gasteiger charge is -2.07. The van der Waals surface area contributed by atoms with Crippen molar-refractivity contribution in [3.05, 3.63) is 12.7 Å². The number of rotatable bonds is 4. The lowest BCUT2D eigenvalue weighted by Crippen LogP contribution is -2.30. The van der Waals surface area contributed by atoms with Crippen molar-refractivity contribution < 1.29 is 4.79 Å². The molecule has 0 spiro atoms. The first-order valence-electron chi connectivity index (χ1n) is 4.30. The van der Waals surface area contributed by atoms with Gasteiger partial charge in [-0.15, -0.1) is 0 Å². The number of hydrogen-bond acceptors (Lipinski definition) is 3. The summed E-state index contributed by atoms with van der Waals surface area (Å²) in [6.07, 6.45) is 3.50. The van der Waals surface area contributed by atoms with Gasteiger partial charge in [0.2, 0.25) is 5.91 Å². The minimum atomic E-state index is 0.0468. The van der Waals surface area contributed by atoms with E-state index in [-0.39, 0.29) is 11.9 Å². The van der Waals surface area contributed by atoms with Gasteiger partial charge in [0.25, 0.3) is 0 Å². The van der Waals surface area contributed by atoms with Gasteiger partial charge < -0.3 is 5.32 Å². The molecule has 0 atom stereocenters. The van der Waals surface area contributed by atoms with E-state index in [1.807, 2.05) is 13.8 Å². The SMILES string of the molecule is CC(C)NC(=O)CCn1cncn1. The van der Waals surface area contributed by atoms with Crippen LogP contribution < -0.4 is 5.32 Å². The Bertz CT molecular complexity index is 255. The average Bonchev–Trinajstić information content (AvgIpc) is 2.51. The van der Waals surface area contributed by atoms with Gasteiger partial charge in [0, 0.05) is 12.5 Å². The second kappa shape index (κ2) is 4.59. The largest absolute Gasteiger partial charge is 0.354 e. The van der Waals surface area contributed by atoms with Crippen LogP contribution in [0.4, 0.5) is 0 Å². The van der Waals surface area contributed by atoms with Crippen molar-refractivity contribution in [2.45, 2.75) is 32.9 Å². The first-order valence-corrected chi connectivity index (χ1v) is 4.30. The Morgan fingerprint density at radius 1 is 1.62 bits per heavy atom. The van der Waals surface area contributed by atoms with Crippen LogP contribution >= 0.6 is 0 Å². The zero-order chi connectivity index (χ0) is 9.68. The van der Waals surface area contributed by atoms with Crippen LogP contribution in [0.2, 0.25) is 0 Å². The van der Waals surface area contributed by atoms with Crippen molar-refractivity contribution in [1.82, 2.24) is 20.1 Å². The van der Waals surface area contributed by atoms with Crippen LogP contribution in [0.25, 0.3) is 0 Å². The summed E-state index contributed by atoms with van der Waals surface area (Å²) in [5, 5.41) is 6.70. The first kappa shape index (κ1) is 9.70. The maximum Gasteiger partial charge on any atom is 0.222 e. The second-order valence-corrected chi connectivity index (χ2v) is 3.13. The van der Waals surface area contributed by atoms with Crippen molar-refractivity contribution in [3.63, 3.8) is 0 Å². The summed E-state index contributed by atoms with van der Waals surface area (Å²) in [7, 11) is 0. The van der Waals surface area contributed by atoms with Crippen LogP contribution in [-0.4, -0.2) is 26.7 Å². The standard InChI is InChI=1S/C8H14N4O/c1-7(2)11-8(13)3-4-12-6-9-5-10-12/h5-7H,3-4H2,1-2H3,(H,11,13). The Labute approximate surface area is 77.2 Å². The van der Waals surface area contributed by atoms with E-state index in [0.717, 1.165) is 0 Å². The van der Waals surface area contributed by atoms with E-state index in [1.54, 1.807) is 11.0 Å². The van der Waals surface area contributed by atoms with E-state index >= 15 is 0 Å². The molecule has 0 aliphatic rings. The quantitative estimate of drug-likeness (QED) is 0.723. The minimum absolute atomic E-state index is 0.0468. The van der Waals surface area contributed by atoms with Crippen LogP contribution in [0.1, 0.15) is 20.3 Å². The molecule has 1 N–H and O–H groups in total. The molecular weight excluding hydrogens is 168 g/mol. The fourth-order valence-corrected chi connectivity index (χ4v) is 0.958. The Morgan fingerprint density at radius 2 is 2.38 bits per heavy atom. The van der Waals surface area contributed by atoms with Crippen molar-refractivity contribution in [2.24, 2.45) is 0 Å². The Morgan fingerprint density at radius 3 is 2.92 bits per heavy atom. The summed E-state index contributed by atoms with van der Waals surface area (Å²) in [6.45, 7) is 4.46. The molecule has 1 amide bonds. The molecule has 1 aromatic heterocycles. The molecule has 5 nitrogen and oxygen atoms in total. The summed E-state index contributed by atoms with van der Waals surface area (Å²) in [6, 6.07) is 0.197. The lowest BCUT2D eigenvalue weighted by atomic mass is 10.3. The van der Waals surface area contributed by atoms with E-state index in [9.17, 15) is 4.79 Å². The van der Waals surface area contributed by atoms with Gasteiger partial charge in [-0.3, -0.25) is 9.48 Å². The Hall–Kier alpha value is -1.39. The number of amides is 1. The van der Waals surface area contributed by atoms with Crippen LogP contribution in [0.3, 0.4) is 0 Å². The van der Waals surface area contributed by atoms with Crippen molar-refractivity contribution in [1.29, 1.82) is 0 Å². The van der Waals surface area contributed by atoms with Crippen molar-refractivity contribution >= 4 is 5.91 Å². The van der Waals surface area contributed by atoms with Gasteiger partial charge in [-0.2, -0.15) is 5.10 Å². The molecule has 1 rings (SSSR count). The maximum atomic E-state index is 11.2. The number of nitrogens with one attached hydrogen (secondary N) is 1. The average molecular weight is 182 g/mol. The third kappa shape index (κ3) is 3.68. The van der Waals surface area contributed by atoms with Gasteiger partial charge in [0.05, 0.1) is 6.54 Å². The van der Waals surface area contributed by atoms with Gasteiger partial charge in [0.15, 0.2) is 0 Å². The van der Waals surface area contributed by atoms with Crippen LogP contribution in [-0.2, 0) is 11.3 Å². The highest BCUT2D eigenvalue weighted by atomic mass is 16.1. The molecule has 5 heteroatoms. The van der Waals surface area contributed by atoms with Crippen molar-refractivity contribution in [3.8, 4) is 0 Å². The van der Waals surface area contributed by atoms with Gasteiger partial charge in [0.1, 0.15) is 12.7 Å². The van der Waals surface area contributed by atoms with Gasteiger partial charge in [-0.05, 0) is 13.8 Å². The normalized spacial score (nSPS) is 10.4. The summed E-state index contributed by atoms with van der Waals surface area (Å²) in [4.78, 5) is 15.0. The molecule has 0 aliphatic carbocycles. The molecular formula is C8H14N4O. The monoisotopic (exact) mass is 182 g/mol. The highest BCUT2D eigenvalue weighted by Crippen LogP contribution is 1.88. The number of aromatic nitrogens is 3. The fraction of sp³-hybridized carbons (Fsp3) is 0.625. The summed E-state index contributed by atoms with van der Waals surface area (Å²) < 4.78 is 1.64. The number of carbonyl (C=O) groups excluding carboxylic acids is 1. The van der Waals surface area contributed by atoms with Crippen molar-refractivity contribution in [2.75, 3.05) is 0 Å². The molecule has 13 heavy (non-hydrogen) atoms. The van der Waals surface area contributed by atoms with E-state index in [4.69, 9.17) is 0 Å². The number of hydrogen-bond donors (Lipinski definition) is 1. The maximum absolute atomic E-state index is 11.2. The first-order chi connectivity index (χ1) is 6.18. The van der Waals surface area contributed by atoms with Gasteiger partial charge >= 0.3 is 0 Å². The van der Waals surface area contributed by atoms with Crippen LogP contribution in [0.5, 0.6) is 0 Å². The molecule has 0 radical (unpaired) electrons. The number of carbonyl (C=O) groups is 1. The molecule has 0 bridgehead atoms. The summed E-state index contributed by atoms with van der Waals surface area (Å²) in [5.74, 6) is 0.0468. The number of nitrogens with zero attached hydrogens (tertiary/aromatic N) is 3. The Kier molecular flexibility index (Phi) is 3.42. The smallest absolute Gasteiger partial charge is 0.222 e. The molecule has 0 saturated carbocycles. The molecule has 1 heterocycles. The topological polar surface area (TPSA) is 59.8 Å². The zero-order valence-corrected chi connectivity index (χ0v) is 7.90. The second-order valence-electron chi connectivity index (χ2n) is 3.13. The van der Waals surface area contributed by atoms with E-state index in [1.165, 1.54) is 6.33 Å². The third-order valence-electron chi connectivity index (χ3n) is 1.48. The van der Waals surface area contributed by atoms with Gasteiger partial charge in [-0.25, -0.2) is 4.98 Å². The van der Waals surface area contributed by atoms with Crippen LogP contribution in [0.15, 0.2) is 12.7 Å². The molecule has 0 unspecified atom stereocenters. The zero-order valence-electron chi connectivity index (χ0n) is 7.90. The highest BCUT2D eigenvalue weighted by molar-refractivity contribution is 5.75. The molecule has 0 aromatic carbocycles. The fourth-order valence-electron chi connectivity index (χ4n) is 0.958. The van der Waals surface area contributed by atoms with E-state index < -0.39 is 0 Å². The van der Waals surface area contributed by atoms with Gasteiger partial charge in [-0.1, -0.05) is 0 Å². The molecule has 1 aromatic rings. The number of aryl methyl sites for hydroxylation is 1. The summed E-state index contributed by atoms with van der Waals surface area (Å²) >= 11 is 0. The van der Waals surface area contributed by atoms with E-state index in [2.05, 4.69) is 15.4 Å². The molecule has 0 saturated heterocycles. The predicted octanol–water partition coefficient (Wildman–Crippen LogP) is 0.193. The minimum Gasteiger partial charge on any atom is -0.354 e. The molecule has 0 fully saturated rings. The molecule has 0 aliphatic heterocycles. The summed E-state index contributed by atoms with van der Waals surface area (Å²) in [5.41, 5.74) is 0. The lowest BCUT2D eigenvalue weighted by molar-refractivity contribution is -0.121. The Balaban J connectivity index is 2.23.